The van der Waals surface area contributed by atoms with Crippen molar-refractivity contribution < 1.29 is 18.7 Å². The average molecular weight is 492 g/mol. The maximum absolute atomic E-state index is 14.5. The van der Waals surface area contributed by atoms with Crippen molar-refractivity contribution in [3.63, 3.8) is 0 Å². The molecular formula is C27H30FN5O3. The Labute approximate surface area is 209 Å². The summed E-state index contributed by atoms with van der Waals surface area (Å²) in [4.78, 5) is 23.6. The molecule has 188 valence electrons. The number of benzene rings is 1. The lowest BCUT2D eigenvalue weighted by atomic mass is 9.92. The topological polar surface area (TPSA) is 91.5 Å². The Bertz CT molecular complexity index is 1290. The Hall–Kier alpha value is -3.59. The molecule has 0 aliphatic carbocycles. The molecule has 1 amide bonds. The van der Waals surface area contributed by atoms with Crippen LogP contribution in [0.25, 0.3) is 11.3 Å². The molecule has 0 saturated carbocycles. The van der Waals surface area contributed by atoms with Crippen molar-refractivity contribution in [2.45, 2.75) is 25.2 Å². The van der Waals surface area contributed by atoms with E-state index in [0.29, 0.717) is 41.8 Å². The van der Waals surface area contributed by atoms with Gasteiger partial charge in [-0.15, -0.1) is 0 Å². The molecule has 6 rings (SSSR count). The van der Waals surface area contributed by atoms with Crippen molar-refractivity contribution in [3.8, 4) is 22.8 Å². The van der Waals surface area contributed by atoms with E-state index in [4.69, 9.17) is 9.47 Å². The van der Waals surface area contributed by atoms with Gasteiger partial charge in [-0.2, -0.15) is 0 Å². The Morgan fingerprint density at radius 1 is 1.25 bits per heavy atom. The molecule has 5 heterocycles. The predicted octanol–water partition coefficient (Wildman–Crippen LogP) is 4.29. The van der Waals surface area contributed by atoms with E-state index in [1.54, 1.807) is 24.5 Å². The number of aromatic nitrogens is 2. The first-order valence-electron chi connectivity index (χ1n) is 12.6. The first-order chi connectivity index (χ1) is 17.6. The Kier molecular flexibility index (Phi) is 6.00. The highest BCUT2D eigenvalue weighted by molar-refractivity contribution is 6.07. The Morgan fingerprint density at radius 3 is 3.06 bits per heavy atom. The molecule has 3 aromatic rings. The number of hydrogen-bond acceptors (Lipinski definition) is 6. The van der Waals surface area contributed by atoms with Gasteiger partial charge in [0.15, 0.2) is 11.6 Å². The van der Waals surface area contributed by atoms with E-state index in [9.17, 15) is 9.18 Å². The number of pyridine rings is 1. The van der Waals surface area contributed by atoms with Gasteiger partial charge in [0, 0.05) is 42.4 Å². The van der Waals surface area contributed by atoms with Crippen LogP contribution in [0, 0.1) is 11.7 Å². The molecule has 1 fully saturated rings. The smallest absolute Gasteiger partial charge is 0.255 e. The number of aromatic amines is 1. The van der Waals surface area contributed by atoms with Crippen LogP contribution >= 0.6 is 0 Å². The van der Waals surface area contributed by atoms with Crippen LogP contribution in [0.5, 0.6) is 11.5 Å². The molecule has 9 heteroatoms. The highest BCUT2D eigenvalue weighted by Crippen LogP contribution is 2.44. The molecule has 36 heavy (non-hydrogen) atoms. The van der Waals surface area contributed by atoms with Crippen molar-refractivity contribution >= 4 is 17.3 Å². The van der Waals surface area contributed by atoms with Gasteiger partial charge in [-0.1, -0.05) is 6.07 Å². The maximum Gasteiger partial charge on any atom is 0.255 e. The quantitative estimate of drug-likeness (QED) is 0.506. The lowest BCUT2D eigenvalue weighted by Gasteiger charge is -2.25. The molecule has 3 atom stereocenters. The zero-order chi connectivity index (χ0) is 24.6. The largest absolute Gasteiger partial charge is 0.492 e. The van der Waals surface area contributed by atoms with E-state index >= 15 is 0 Å². The number of amides is 1. The van der Waals surface area contributed by atoms with Crippen LogP contribution in [0.4, 0.5) is 15.8 Å². The third-order valence-corrected chi connectivity index (χ3v) is 7.53. The van der Waals surface area contributed by atoms with Gasteiger partial charge in [-0.25, -0.2) is 4.39 Å². The van der Waals surface area contributed by atoms with Gasteiger partial charge in [-0.05, 0) is 50.6 Å². The Balaban J connectivity index is 1.51. The number of ether oxygens (including phenoxy) is 2. The van der Waals surface area contributed by atoms with Gasteiger partial charge in [0.2, 0.25) is 0 Å². The number of nitrogens with one attached hydrogen (secondary N) is 3. The molecule has 1 saturated heterocycles. The molecule has 0 spiro atoms. The van der Waals surface area contributed by atoms with Crippen LogP contribution < -0.4 is 20.1 Å². The summed E-state index contributed by atoms with van der Waals surface area (Å²) in [5.74, 6) is 0.720. The molecule has 4 bridgehead atoms. The van der Waals surface area contributed by atoms with Crippen molar-refractivity contribution in [2.24, 2.45) is 5.92 Å². The van der Waals surface area contributed by atoms with E-state index in [0.717, 1.165) is 55.8 Å². The van der Waals surface area contributed by atoms with Crippen LogP contribution in [-0.2, 0) is 0 Å². The van der Waals surface area contributed by atoms with Crippen LogP contribution in [0.3, 0.4) is 0 Å². The first kappa shape index (κ1) is 22.8. The van der Waals surface area contributed by atoms with E-state index in [-0.39, 0.29) is 17.6 Å². The number of nitrogens with zero attached hydrogens (tertiary/aromatic N) is 2. The SMILES string of the molecule is COc1c(F)cccc1Nc1c2[nH]c3c1C(=O)NCC3CCCN1CC[C@@H](COc3cnccc3-2)C1. The number of anilines is 2. The van der Waals surface area contributed by atoms with Crippen LogP contribution in [0.15, 0.2) is 36.7 Å². The summed E-state index contributed by atoms with van der Waals surface area (Å²) < 4.78 is 26.2. The third kappa shape index (κ3) is 4.07. The Morgan fingerprint density at radius 2 is 2.17 bits per heavy atom. The fourth-order valence-electron chi connectivity index (χ4n) is 5.71. The van der Waals surface area contributed by atoms with E-state index < -0.39 is 5.82 Å². The van der Waals surface area contributed by atoms with Gasteiger partial charge in [-0.3, -0.25) is 9.78 Å². The number of carbonyl (C=O) groups excluding carboxylic acids is 1. The van der Waals surface area contributed by atoms with Crippen LogP contribution in [-0.4, -0.2) is 60.7 Å². The highest BCUT2D eigenvalue weighted by Gasteiger charge is 2.34. The summed E-state index contributed by atoms with van der Waals surface area (Å²) in [6.45, 7) is 4.36. The second-order valence-corrected chi connectivity index (χ2v) is 9.80. The van der Waals surface area contributed by atoms with E-state index in [1.807, 2.05) is 6.07 Å². The zero-order valence-corrected chi connectivity index (χ0v) is 20.3. The van der Waals surface area contributed by atoms with Crippen molar-refractivity contribution in [2.75, 3.05) is 45.2 Å². The van der Waals surface area contributed by atoms with E-state index in [2.05, 4.69) is 25.5 Å². The normalized spacial score (nSPS) is 23.2. The fraction of sp³-hybridized carbons (Fsp3) is 0.407. The predicted molar refractivity (Wildman–Crippen MR) is 135 cm³/mol. The minimum Gasteiger partial charge on any atom is -0.492 e. The minimum atomic E-state index is -0.479. The number of halogens is 1. The zero-order valence-electron chi connectivity index (χ0n) is 20.3. The average Bonchev–Trinajstić information content (AvgIpc) is 3.49. The summed E-state index contributed by atoms with van der Waals surface area (Å²) in [5.41, 5.74) is 3.98. The summed E-state index contributed by atoms with van der Waals surface area (Å²) in [7, 11) is 1.43. The summed E-state index contributed by atoms with van der Waals surface area (Å²) in [6.07, 6.45) is 6.56. The number of H-pyrrole nitrogens is 1. The molecule has 3 N–H and O–H groups in total. The molecule has 2 unspecified atom stereocenters. The molecule has 2 aromatic heterocycles. The molecule has 3 aliphatic rings. The number of carbonyl (C=O) groups is 1. The summed E-state index contributed by atoms with van der Waals surface area (Å²) >= 11 is 0. The number of methoxy groups -OCH3 is 1. The lowest BCUT2D eigenvalue weighted by Crippen LogP contribution is -2.35. The van der Waals surface area contributed by atoms with Crippen LogP contribution in [0.1, 0.15) is 41.2 Å². The molecule has 1 aromatic carbocycles. The summed E-state index contributed by atoms with van der Waals surface area (Å²) in [6, 6.07) is 6.59. The van der Waals surface area contributed by atoms with Gasteiger partial charge in [0.25, 0.3) is 5.91 Å². The van der Waals surface area contributed by atoms with Gasteiger partial charge in [0.1, 0.15) is 5.75 Å². The molecule has 3 aliphatic heterocycles. The first-order valence-corrected chi connectivity index (χ1v) is 12.6. The van der Waals surface area contributed by atoms with Gasteiger partial charge in [0.05, 0.1) is 42.5 Å². The summed E-state index contributed by atoms with van der Waals surface area (Å²) in [5, 5.41) is 6.40. The number of para-hydroxylation sites is 1. The molecule has 8 nitrogen and oxygen atoms in total. The van der Waals surface area contributed by atoms with Gasteiger partial charge >= 0.3 is 0 Å². The standard InChI is InChI=1S/C27H30FN5O3/c1-35-26-19(28)5-2-6-20(26)31-25-22-23-17(12-30-27(22)34)4-3-10-33-11-8-16(14-33)15-36-21-13-29-9-7-18(21)24(25)32-23/h2,5-7,9,13,16-17,31-32H,3-4,8,10-12,14-15H2,1H3,(H,30,34)/t16-,17?/m1/s1. The maximum atomic E-state index is 14.5. The highest BCUT2D eigenvalue weighted by atomic mass is 19.1. The van der Waals surface area contributed by atoms with Gasteiger partial charge < -0.3 is 30.0 Å². The lowest BCUT2D eigenvalue weighted by molar-refractivity contribution is 0.0939. The third-order valence-electron chi connectivity index (χ3n) is 7.53. The van der Waals surface area contributed by atoms with Crippen LogP contribution in [0.2, 0.25) is 0 Å². The molecule has 0 radical (unpaired) electrons. The van der Waals surface area contributed by atoms with Crippen molar-refractivity contribution in [3.05, 3.63) is 53.7 Å². The second kappa shape index (κ2) is 9.46. The minimum absolute atomic E-state index is 0.0911. The fourth-order valence-corrected chi connectivity index (χ4v) is 5.71. The van der Waals surface area contributed by atoms with E-state index in [1.165, 1.54) is 13.2 Å². The number of rotatable bonds is 3. The second-order valence-electron chi connectivity index (χ2n) is 9.80. The number of fused-ring (bicyclic) bond motifs is 5. The van der Waals surface area contributed by atoms with Crippen molar-refractivity contribution in [1.82, 2.24) is 20.2 Å². The molecular weight excluding hydrogens is 461 g/mol. The van der Waals surface area contributed by atoms with Crippen molar-refractivity contribution in [1.29, 1.82) is 0 Å². The number of hydrogen-bond donors (Lipinski definition) is 3. The monoisotopic (exact) mass is 491 g/mol.